The molecule has 1 amide bonds. The Balaban J connectivity index is 2.82. The van der Waals surface area contributed by atoms with Gasteiger partial charge in [-0.1, -0.05) is 30.3 Å². The van der Waals surface area contributed by atoms with Gasteiger partial charge in [0.2, 0.25) is 5.91 Å². The zero-order valence-corrected chi connectivity index (χ0v) is 9.67. The quantitative estimate of drug-likeness (QED) is 0.758. The van der Waals surface area contributed by atoms with Crippen molar-refractivity contribution < 1.29 is 14.7 Å². The van der Waals surface area contributed by atoms with Crippen LogP contribution in [0.1, 0.15) is 18.5 Å². The Bertz CT molecular complexity index is 376. The largest absolute Gasteiger partial charge is 0.480 e. The van der Waals surface area contributed by atoms with Crippen LogP contribution >= 0.6 is 0 Å². The van der Waals surface area contributed by atoms with Gasteiger partial charge in [-0.15, -0.1) is 0 Å². The fraction of sp³-hybridized carbons (Fsp3) is 0.333. The molecule has 5 heteroatoms. The summed E-state index contributed by atoms with van der Waals surface area (Å²) in [6, 6.07) is 9.23. The van der Waals surface area contributed by atoms with Crippen molar-refractivity contribution in [1.82, 2.24) is 4.90 Å². The van der Waals surface area contributed by atoms with Crippen LogP contribution in [0.3, 0.4) is 0 Å². The summed E-state index contributed by atoms with van der Waals surface area (Å²) in [6.45, 7) is 1.57. The Morgan fingerprint density at radius 1 is 1.29 bits per heavy atom. The number of carboxylic acids is 1. The van der Waals surface area contributed by atoms with E-state index in [9.17, 15) is 9.59 Å². The van der Waals surface area contributed by atoms with Crippen molar-refractivity contribution in [3.8, 4) is 0 Å². The van der Waals surface area contributed by atoms with Crippen LogP contribution < -0.4 is 5.73 Å². The van der Waals surface area contributed by atoms with Crippen molar-refractivity contribution >= 4 is 11.9 Å². The molecule has 0 saturated carbocycles. The number of nitrogens with two attached hydrogens (primary N) is 1. The van der Waals surface area contributed by atoms with Gasteiger partial charge in [0, 0.05) is 6.04 Å². The normalized spacial score (nSPS) is 12.4. The average Bonchev–Trinajstić information content (AvgIpc) is 2.27. The first-order chi connectivity index (χ1) is 8.00. The predicted octanol–water partition coefficient (Wildman–Crippen LogP) is 0.619. The van der Waals surface area contributed by atoms with Crippen LogP contribution in [0.2, 0.25) is 0 Å². The first-order valence-corrected chi connectivity index (χ1v) is 5.30. The number of carbonyl (C=O) groups excluding carboxylic acids is 1. The van der Waals surface area contributed by atoms with E-state index in [2.05, 4.69) is 0 Å². The van der Waals surface area contributed by atoms with Crippen molar-refractivity contribution in [1.29, 1.82) is 0 Å². The zero-order chi connectivity index (χ0) is 12.8. The summed E-state index contributed by atoms with van der Waals surface area (Å²) >= 11 is 0. The van der Waals surface area contributed by atoms with Gasteiger partial charge in [-0.25, -0.2) is 0 Å². The second kappa shape index (κ2) is 6.00. The molecule has 0 spiro atoms. The Hall–Kier alpha value is -1.88. The Morgan fingerprint density at radius 3 is 2.35 bits per heavy atom. The zero-order valence-electron chi connectivity index (χ0n) is 9.67. The highest BCUT2D eigenvalue weighted by Gasteiger charge is 2.19. The van der Waals surface area contributed by atoms with Gasteiger partial charge in [-0.05, 0) is 12.5 Å². The van der Waals surface area contributed by atoms with Crippen LogP contribution in [0.4, 0.5) is 0 Å². The first kappa shape index (κ1) is 13.2. The highest BCUT2D eigenvalue weighted by atomic mass is 16.4. The van der Waals surface area contributed by atoms with Crippen molar-refractivity contribution in [3.05, 3.63) is 35.9 Å². The number of hydrogen-bond donors (Lipinski definition) is 2. The molecule has 0 heterocycles. The Morgan fingerprint density at radius 2 is 1.88 bits per heavy atom. The van der Waals surface area contributed by atoms with E-state index in [1.54, 1.807) is 0 Å². The van der Waals surface area contributed by atoms with Gasteiger partial charge >= 0.3 is 5.97 Å². The standard InChI is InChI=1S/C12H16N2O3/c1-9(10-5-3-2-4-6-10)14(7-11(13)15)8-12(16)17/h2-6,9H,7-8H2,1H3,(H2,13,15)(H,16,17)/t9-/m1/s1. The lowest BCUT2D eigenvalue weighted by molar-refractivity contribution is -0.139. The number of nitrogens with zero attached hydrogens (tertiary/aromatic N) is 1. The molecule has 0 aliphatic rings. The molecular weight excluding hydrogens is 220 g/mol. The third-order valence-electron chi connectivity index (χ3n) is 2.53. The maximum Gasteiger partial charge on any atom is 0.317 e. The second-order valence-corrected chi connectivity index (χ2v) is 3.85. The maximum absolute atomic E-state index is 10.9. The molecule has 0 aliphatic heterocycles. The summed E-state index contributed by atoms with van der Waals surface area (Å²) < 4.78 is 0. The van der Waals surface area contributed by atoms with E-state index in [1.165, 1.54) is 4.90 Å². The van der Waals surface area contributed by atoms with Crippen molar-refractivity contribution in [2.75, 3.05) is 13.1 Å². The third kappa shape index (κ3) is 4.24. The van der Waals surface area contributed by atoms with Gasteiger partial charge in [0.1, 0.15) is 0 Å². The number of benzene rings is 1. The van der Waals surface area contributed by atoms with E-state index in [4.69, 9.17) is 10.8 Å². The predicted molar refractivity (Wildman–Crippen MR) is 63.3 cm³/mol. The highest BCUT2D eigenvalue weighted by Crippen LogP contribution is 2.18. The van der Waals surface area contributed by atoms with E-state index in [1.807, 2.05) is 37.3 Å². The van der Waals surface area contributed by atoms with E-state index < -0.39 is 11.9 Å². The highest BCUT2D eigenvalue weighted by molar-refractivity contribution is 5.77. The summed E-state index contributed by atoms with van der Waals surface area (Å²) in [5.41, 5.74) is 6.07. The van der Waals surface area contributed by atoms with Crippen molar-refractivity contribution in [2.24, 2.45) is 5.73 Å². The van der Waals surface area contributed by atoms with Crippen LogP contribution in [0.25, 0.3) is 0 Å². The molecule has 5 nitrogen and oxygen atoms in total. The molecule has 0 unspecified atom stereocenters. The lowest BCUT2D eigenvalue weighted by Crippen LogP contribution is -2.39. The van der Waals surface area contributed by atoms with Gasteiger partial charge in [0.15, 0.2) is 0 Å². The lowest BCUT2D eigenvalue weighted by atomic mass is 10.1. The SMILES string of the molecule is C[C@H](c1ccccc1)N(CC(N)=O)CC(=O)O. The molecule has 1 aromatic carbocycles. The summed E-state index contributed by atoms with van der Waals surface area (Å²) in [4.78, 5) is 23.2. The fourth-order valence-electron chi connectivity index (χ4n) is 1.65. The second-order valence-electron chi connectivity index (χ2n) is 3.85. The number of aliphatic carboxylic acids is 1. The van der Waals surface area contributed by atoms with E-state index in [0.29, 0.717) is 0 Å². The minimum atomic E-state index is -0.978. The summed E-state index contributed by atoms with van der Waals surface area (Å²) in [5.74, 6) is -1.51. The number of rotatable bonds is 6. The fourth-order valence-corrected chi connectivity index (χ4v) is 1.65. The molecular formula is C12H16N2O3. The number of amides is 1. The van der Waals surface area contributed by atoms with Gasteiger partial charge in [0.05, 0.1) is 13.1 Å². The molecule has 17 heavy (non-hydrogen) atoms. The number of carboxylic acid groups (broad SMARTS) is 1. The van der Waals surface area contributed by atoms with Gasteiger partial charge in [-0.2, -0.15) is 0 Å². The third-order valence-corrected chi connectivity index (χ3v) is 2.53. The van der Waals surface area contributed by atoms with Crippen LogP contribution in [-0.4, -0.2) is 35.0 Å². The molecule has 1 atom stereocenters. The Labute approximate surface area is 99.8 Å². The molecule has 1 aromatic rings. The maximum atomic E-state index is 10.9. The van der Waals surface area contributed by atoms with Crippen LogP contribution in [0.5, 0.6) is 0 Å². The van der Waals surface area contributed by atoms with Crippen LogP contribution in [0.15, 0.2) is 30.3 Å². The van der Waals surface area contributed by atoms with Crippen molar-refractivity contribution in [3.63, 3.8) is 0 Å². The van der Waals surface area contributed by atoms with Crippen molar-refractivity contribution in [2.45, 2.75) is 13.0 Å². The molecule has 3 N–H and O–H groups in total. The molecule has 0 radical (unpaired) electrons. The van der Waals surface area contributed by atoms with Crippen LogP contribution in [0, 0.1) is 0 Å². The molecule has 0 aromatic heterocycles. The van der Waals surface area contributed by atoms with Crippen LogP contribution in [-0.2, 0) is 9.59 Å². The monoisotopic (exact) mass is 236 g/mol. The lowest BCUT2D eigenvalue weighted by Gasteiger charge is -2.26. The number of primary amides is 1. The molecule has 0 saturated heterocycles. The minimum absolute atomic E-state index is 0.0671. The van der Waals surface area contributed by atoms with E-state index >= 15 is 0 Å². The molecule has 92 valence electrons. The average molecular weight is 236 g/mol. The topological polar surface area (TPSA) is 83.6 Å². The number of hydrogen-bond acceptors (Lipinski definition) is 3. The summed E-state index contributed by atoms with van der Waals surface area (Å²) in [6.07, 6.45) is 0. The van der Waals surface area contributed by atoms with E-state index in [-0.39, 0.29) is 19.1 Å². The molecule has 1 rings (SSSR count). The molecule has 0 aliphatic carbocycles. The van der Waals surface area contributed by atoms with Gasteiger partial charge in [-0.3, -0.25) is 14.5 Å². The first-order valence-electron chi connectivity index (χ1n) is 5.30. The summed E-state index contributed by atoms with van der Waals surface area (Å²) in [7, 11) is 0. The molecule has 0 fully saturated rings. The van der Waals surface area contributed by atoms with Gasteiger partial charge < -0.3 is 10.8 Å². The number of carbonyl (C=O) groups is 2. The Kier molecular flexibility index (Phi) is 4.66. The summed E-state index contributed by atoms with van der Waals surface area (Å²) in [5, 5.41) is 8.80. The molecule has 0 bridgehead atoms. The van der Waals surface area contributed by atoms with E-state index in [0.717, 1.165) is 5.56 Å². The van der Waals surface area contributed by atoms with Gasteiger partial charge in [0.25, 0.3) is 0 Å². The minimum Gasteiger partial charge on any atom is -0.480 e. The smallest absolute Gasteiger partial charge is 0.317 e.